The van der Waals surface area contributed by atoms with Crippen molar-refractivity contribution in [3.8, 4) is 0 Å². The van der Waals surface area contributed by atoms with Crippen LogP contribution in [0.1, 0.15) is 43.5 Å². The lowest BCUT2D eigenvalue weighted by Gasteiger charge is -2.32. The van der Waals surface area contributed by atoms with E-state index in [1.165, 1.54) is 7.11 Å². The van der Waals surface area contributed by atoms with Gasteiger partial charge in [-0.2, -0.15) is 0 Å². The van der Waals surface area contributed by atoms with Gasteiger partial charge < -0.3 is 15.4 Å². The average molecular weight is 297 g/mol. The van der Waals surface area contributed by atoms with E-state index in [1.54, 1.807) is 12.1 Å². The quantitative estimate of drug-likeness (QED) is 0.685. The molecule has 0 bridgehead atoms. The van der Waals surface area contributed by atoms with Crippen LogP contribution in [-0.4, -0.2) is 25.2 Å². The summed E-state index contributed by atoms with van der Waals surface area (Å²) >= 11 is 6.37. The summed E-state index contributed by atoms with van der Waals surface area (Å²) in [5.41, 5.74) is 7.48. The normalized spacial score (nSPS) is 22.1. The minimum atomic E-state index is -0.400. The van der Waals surface area contributed by atoms with E-state index in [9.17, 15) is 4.79 Å². The summed E-state index contributed by atoms with van der Waals surface area (Å²) in [6, 6.07) is 4.09. The number of nitrogens with zero attached hydrogens (tertiary/aromatic N) is 1. The fraction of sp³-hybridized carbons (Fsp3) is 0.533. The fourth-order valence-corrected chi connectivity index (χ4v) is 3.35. The second kappa shape index (κ2) is 5.92. The molecule has 1 aromatic rings. The number of ether oxygens (including phenoxy) is 1. The Morgan fingerprint density at radius 1 is 1.50 bits per heavy atom. The van der Waals surface area contributed by atoms with E-state index in [1.807, 2.05) is 0 Å². The molecule has 5 heteroatoms. The third-order valence-electron chi connectivity index (χ3n) is 4.01. The number of halogens is 1. The third kappa shape index (κ3) is 2.57. The number of hydrogen-bond donors (Lipinski definition) is 1. The van der Waals surface area contributed by atoms with Crippen molar-refractivity contribution in [1.82, 2.24) is 0 Å². The van der Waals surface area contributed by atoms with Crippen LogP contribution in [0.2, 0.25) is 5.02 Å². The second-order valence-corrected chi connectivity index (χ2v) is 5.69. The first-order valence-corrected chi connectivity index (χ1v) is 7.33. The Morgan fingerprint density at radius 3 is 2.80 bits per heavy atom. The van der Waals surface area contributed by atoms with Gasteiger partial charge in [-0.15, -0.1) is 0 Å². The minimum absolute atomic E-state index is 0.351. The van der Waals surface area contributed by atoms with Crippen molar-refractivity contribution in [3.05, 3.63) is 22.7 Å². The predicted molar refractivity (Wildman–Crippen MR) is 82.5 cm³/mol. The van der Waals surface area contributed by atoms with Crippen molar-refractivity contribution in [2.45, 2.75) is 45.2 Å². The zero-order valence-corrected chi connectivity index (χ0v) is 12.9. The van der Waals surface area contributed by atoms with E-state index in [2.05, 4.69) is 18.7 Å². The van der Waals surface area contributed by atoms with Crippen LogP contribution in [0.25, 0.3) is 0 Å². The number of anilines is 2. The maximum Gasteiger partial charge on any atom is 0.340 e. The Bertz CT molecular complexity index is 519. The minimum Gasteiger partial charge on any atom is -0.465 e. The lowest BCUT2D eigenvalue weighted by Crippen LogP contribution is -2.35. The first-order valence-electron chi connectivity index (χ1n) is 6.95. The lowest BCUT2D eigenvalue weighted by molar-refractivity contribution is 0.0601. The molecule has 4 nitrogen and oxygen atoms in total. The monoisotopic (exact) mass is 296 g/mol. The van der Waals surface area contributed by atoms with E-state index >= 15 is 0 Å². The molecule has 20 heavy (non-hydrogen) atoms. The van der Waals surface area contributed by atoms with E-state index in [4.69, 9.17) is 22.1 Å². The molecule has 2 rings (SSSR count). The summed E-state index contributed by atoms with van der Waals surface area (Å²) in [5, 5.41) is 0.512. The molecule has 0 aliphatic carbocycles. The SMILES string of the molecule is CCC1CCC(C)N1c1c(Cl)cc(N)cc1C(=O)OC. The molecule has 110 valence electrons. The van der Waals surface area contributed by atoms with Gasteiger partial charge in [-0.1, -0.05) is 18.5 Å². The molecule has 1 saturated heterocycles. The Balaban J connectivity index is 2.57. The third-order valence-corrected chi connectivity index (χ3v) is 4.29. The number of nitrogens with two attached hydrogens (primary N) is 1. The van der Waals surface area contributed by atoms with Gasteiger partial charge in [0.25, 0.3) is 0 Å². The smallest absolute Gasteiger partial charge is 0.340 e. The fourth-order valence-electron chi connectivity index (χ4n) is 3.02. The number of esters is 1. The largest absolute Gasteiger partial charge is 0.465 e. The number of nitrogen functional groups attached to an aromatic ring is 1. The van der Waals surface area contributed by atoms with Gasteiger partial charge in [-0.3, -0.25) is 0 Å². The molecule has 0 spiro atoms. The summed E-state index contributed by atoms with van der Waals surface area (Å²) in [5.74, 6) is -0.400. The lowest BCUT2D eigenvalue weighted by atomic mass is 10.1. The molecule has 0 radical (unpaired) electrons. The van der Waals surface area contributed by atoms with Crippen LogP contribution in [0, 0.1) is 0 Å². The maximum atomic E-state index is 12.0. The first-order chi connectivity index (χ1) is 9.49. The van der Waals surface area contributed by atoms with Crippen molar-refractivity contribution in [1.29, 1.82) is 0 Å². The molecular formula is C15H21ClN2O2. The molecule has 1 fully saturated rings. The van der Waals surface area contributed by atoms with E-state index in [0.29, 0.717) is 28.4 Å². The second-order valence-electron chi connectivity index (χ2n) is 5.29. The molecule has 1 aliphatic heterocycles. The highest BCUT2D eigenvalue weighted by Gasteiger charge is 2.33. The number of methoxy groups -OCH3 is 1. The summed E-state index contributed by atoms with van der Waals surface area (Å²) < 4.78 is 4.87. The van der Waals surface area contributed by atoms with Crippen LogP contribution in [-0.2, 0) is 4.74 Å². The van der Waals surface area contributed by atoms with Gasteiger partial charge in [-0.25, -0.2) is 4.79 Å². The highest BCUT2D eigenvalue weighted by molar-refractivity contribution is 6.34. The summed E-state index contributed by atoms with van der Waals surface area (Å²) in [6.07, 6.45) is 3.23. The van der Waals surface area contributed by atoms with Crippen LogP contribution in [0.15, 0.2) is 12.1 Å². The van der Waals surface area contributed by atoms with Gasteiger partial charge in [0, 0.05) is 17.8 Å². The number of rotatable bonds is 3. The van der Waals surface area contributed by atoms with Gasteiger partial charge in [0.2, 0.25) is 0 Å². The van der Waals surface area contributed by atoms with Gasteiger partial charge in [0.1, 0.15) is 0 Å². The van der Waals surface area contributed by atoms with Crippen LogP contribution < -0.4 is 10.6 Å². The topological polar surface area (TPSA) is 55.6 Å². The van der Waals surface area contributed by atoms with Gasteiger partial charge >= 0.3 is 5.97 Å². The van der Waals surface area contributed by atoms with Gasteiger partial charge in [0.15, 0.2) is 0 Å². The van der Waals surface area contributed by atoms with Crippen LogP contribution in [0.4, 0.5) is 11.4 Å². The van der Waals surface area contributed by atoms with Crippen molar-refractivity contribution in [3.63, 3.8) is 0 Å². The number of carbonyl (C=O) groups is 1. The van der Waals surface area contributed by atoms with Crippen molar-refractivity contribution >= 4 is 28.9 Å². The molecule has 0 aromatic heterocycles. The Morgan fingerprint density at radius 2 is 2.20 bits per heavy atom. The molecular weight excluding hydrogens is 276 g/mol. The van der Waals surface area contributed by atoms with Crippen LogP contribution in [0.5, 0.6) is 0 Å². The summed E-state index contributed by atoms with van der Waals surface area (Å²) in [6.45, 7) is 4.31. The molecule has 0 saturated carbocycles. The molecule has 0 amide bonds. The average Bonchev–Trinajstić information content (AvgIpc) is 2.78. The number of carbonyl (C=O) groups excluding carboxylic acids is 1. The Hall–Kier alpha value is -1.42. The molecule has 2 atom stereocenters. The van der Waals surface area contributed by atoms with E-state index < -0.39 is 5.97 Å². The van der Waals surface area contributed by atoms with E-state index in [-0.39, 0.29) is 0 Å². The zero-order chi connectivity index (χ0) is 14.9. The van der Waals surface area contributed by atoms with Crippen LogP contribution >= 0.6 is 11.6 Å². The number of hydrogen-bond acceptors (Lipinski definition) is 4. The highest BCUT2D eigenvalue weighted by Crippen LogP contribution is 2.40. The Kier molecular flexibility index (Phi) is 4.43. The standard InChI is InChI=1S/C15H21ClN2O2/c1-4-11-6-5-9(2)18(11)14-12(15(19)20-3)7-10(17)8-13(14)16/h7-9,11H,4-6,17H2,1-3H3. The molecule has 1 aromatic carbocycles. The van der Waals surface area contributed by atoms with Gasteiger partial charge in [0.05, 0.1) is 23.4 Å². The van der Waals surface area contributed by atoms with Gasteiger partial charge in [-0.05, 0) is 38.3 Å². The van der Waals surface area contributed by atoms with Crippen molar-refractivity contribution in [2.24, 2.45) is 0 Å². The Labute approximate surface area is 124 Å². The maximum absolute atomic E-state index is 12.0. The summed E-state index contributed by atoms with van der Waals surface area (Å²) in [4.78, 5) is 14.3. The molecule has 2 unspecified atom stereocenters. The molecule has 1 heterocycles. The van der Waals surface area contributed by atoms with Crippen molar-refractivity contribution < 1.29 is 9.53 Å². The number of benzene rings is 1. The highest BCUT2D eigenvalue weighted by atomic mass is 35.5. The van der Waals surface area contributed by atoms with Crippen LogP contribution in [0.3, 0.4) is 0 Å². The molecule has 1 aliphatic rings. The van der Waals surface area contributed by atoms with E-state index in [0.717, 1.165) is 24.9 Å². The summed E-state index contributed by atoms with van der Waals surface area (Å²) in [7, 11) is 1.37. The predicted octanol–water partition coefficient (Wildman–Crippen LogP) is 3.48. The first kappa shape index (κ1) is 15.0. The van der Waals surface area contributed by atoms with Crippen molar-refractivity contribution in [2.75, 3.05) is 17.7 Å². The molecule has 2 N–H and O–H groups in total. The zero-order valence-electron chi connectivity index (χ0n) is 12.1.